The lowest BCUT2D eigenvalue weighted by molar-refractivity contribution is 0.175. The predicted octanol–water partition coefficient (Wildman–Crippen LogP) is 3.52. The maximum atomic E-state index is 12.6. The van der Waals surface area contributed by atoms with Crippen molar-refractivity contribution in [2.75, 3.05) is 25.2 Å². The van der Waals surface area contributed by atoms with Crippen LogP contribution in [0.2, 0.25) is 0 Å². The molecule has 1 aliphatic carbocycles. The van der Waals surface area contributed by atoms with E-state index in [4.69, 9.17) is 9.72 Å². The van der Waals surface area contributed by atoms with E-state index in [0.717, 1.165) is 92.7 Å². The van der Waals surface area contributed by atoms with Gasteiger partial charge in [-0.15, -0.1) is 0 Å². The molecule has 0 bridgehead atoms. The lowest BCUT2D eigenvalue weighted by Gasteiger charge is -2.34. The highest BCUT2D eigenvalue weighted by molar-refractivity contribution is 5.95. The first-order valence-corrected chi connectivity index (χ1v) is 13.3. The summed E-state index contributed by atoms with van der Waals surface area (Å²) < 4.78 is 9.37. The van der Waals surface area contributed by atoms with Gasteiger partial charge in [-0.05, 0) is 69.6 Å². The van der Waals surface area contributed by atoms with Crippen molar-refractivity contribution in [3.05, 3.63) is 42.0 Å². The summed E-state index contributed by atoms with van der Waals surface area (Å²) in [5.74, 6) is 1.51. The number of benzene rings is 1. The molecule has 0 unspecified atom stereocenters. The van der Waals surface area contributed by atoms with Crippen LogP contribution in [0.4, 0.5) is 10.5 Å². The van der Waals surface area contributed by atoms with Gasteiger partial charge in [-0.1, -0.05) is 0 Å². The normalized spacial score (nSPS) is 22.1. The molecule has 2 aliphatic rings. The number of rotatable bonds is 8. The fourth-order valence-corrected chi connectivity index (χ4v) is 5.87. The Hall–Kier alpha value is -2.91. The second-order valence-electron chi connectivity index (χ2n) is 10.2. The summed E-state index contributed by atoms with van der Waals surface area (Å²) in [4.78, 5) is 19.5. The number of amides is 1. The Morgan fingerprint density at radius 2 is 2.03 bits per heavy atom. The van der Waals surface area contributed by atoms with E-state index in [9.17, 15) is 9.90 Å². The summed E-state index contributed by atoms with van der Waals surface area (Å²) in [5, 5.41) is 17.5. The molecule has 2 N–H and O–H groups in total. The third kappa shape index (κ3) is 4.99. The van der Waals surface area contributed by atoms with Gasteiger partial charge in [0.1, 0.15) is 5.82 Å². The minimum absolute atomic E-state index is 0.0916. The van der Waals surface area contributed by atoms with Gasteiger partial charge in [0.15, 0.2) is 0 Å². The standard InChI is InChI=1S/C27H38N6O3/c1-19-4-9-22-23(33(19)27(35)36-2)10-11-24-26(22)30-25(12-16-31-15-3-13-29-31)32(24)17-14-28-21-7-5-20(18-34)6-8-21/h3,10-11,13,15,19-21,28,34H,4-9,12,14,16-18H2,1-2H3/t19-,20?,21?/m0/s1. The first kappa shape index (κ1) is 24.8. The van der Waals surface area contributed by atoms with Crippen LogP contribution in [-0.2, 0) is 30.7 Å². The number of hydrogen-bond acceptors (Lipinski definition) is 6. The van der Waals surface area contributed by atoms with E-state index in [-0.39, 0.29) is 12.1 Å². The lowest BCUT2D eigenvalue weighted by atomic mass is 9.86. The van der Waals surface area contributed by atoms with Gasteiger partial charge in [-0.25, -0.2) is 9.78 Å². The Kier molecular flexibility index (Phi) is 7.57. The number of nitrogens with zero attached hydrogens (tertiary/aromatic N) is 5. The number of carbonyl (C=O) groups is 1. The highest BCUT2D eigenvalue weighted by atomic mass is 16.5. The summed E-state index contributed by atoms with van der Waals surface area (Å²) in [6.45, 7) is 4.85. The van der Waals surface area contributed by atoms with Crippen molar-refractivity contribution < 1.29 is 14.6 Å². The van der Waals surface area contributed by atoms with Crippen LogP contribution in [0.1, 0.15) is 50.4 Å². The quantitative estimate of drug-likeness (QED) is 0.497. The molecule has 2 aromatic heterocycles. The molecule has 3 aromatic rings. The van der Waals surface area contributed by atoms with Crippen LogP contribution in [0.15, 0.2) is 30.6 Å². The van der Waals surface area contributed by atoms with Gasteiger partial charge in [-0.2, -0.15) is 5.10 Å². The smallest absolute Gasteiger partial charge is 0.414 e. The monoisotopic (exact) mass is 494 g/mol. The third-order valence-electron chi connectivity index (χ3n) is 7.96. The molecular weight excluding hydrogens is 456 g/mol. The molecule has 1 saturated carbocycles. The van der Waals surface area contributed by atoms with Crippen LogP contribution in [0, 0.1) is 5.92 Å². The maximum absolute atomic E-state index is 12.6. The molecule has 1 atom stereocenters. The first-order valence-electron chi connectivity index (χ1n) is 13.3. The molecule has 0 saturated heterocycles. The molecule has 3 heterocycles. The SMILES string of the molecule is COC(=O)N1c2ccc3c(nc(CCn4cccn4)n3CCNC3CCC(CO)CC3)c2CC[C@@H]1C. The zero-order chi connectivity index (χ0) is 25.1. The molecule has 9 nitrogen and oxygen atoms in total. The Morgan fingerprint density at radius 1 is 1.19 bits per heavy atom. The van der Waals surface area contributed by atoms with Gasteiger partial charge in [0.05, 0.1) is 23.8 Å². The van der Waals surface area contributed by atoms with E-state index in [0.29, 0.717) is 18.6 Å². The number of aryl methyl sites for hydroxylation is 3. The Labute approximate surface area is 212 Å². The number of fused-ring (bicyclic) bond motifs is 3. The molecule has 36 heavy (non-hydrogen) atoms. The number of methoxy groups -OCH3 is 1. The summed E-state index contributed by atoms with van der Waals surface area (Å²) in [5.41, 5.74) is 4.15. The zero-order valence-electron chi connectivity index (χ0n) is 21.4. The molecule has 0 spiro atoms. The summed E-state index contributed by atoms with van der Waals surface area (Å²) in [7, 11) is 1.44. The number of carbonyl (C=O) groups excluding carboxylic acids is 1. The van der Waals surface area contributed by atoms with Crippen LogP contribution in [0.25, 0.3) is 11.0 Å². The highest BCUT2D eigenvalue weighted by Crippen LogP contribution is 2.36. The van der Waals surface area contributed by atoms with Crippen LogP contribution in [-0.4, -0.2) is 62.9 Å². The van der Waals surface area contributed by atoms with Gasteiger partial charge < -0.3 is 19.7 Å². The minimum Gasteiger partial charge on any atom is -0.452 e. The molecule has 1 aliphatic heterocycles. The molecule has 194 valence electrons. The van der Waals surface area contributed by atoms with Crippen LogP contribution < -0.4 is 10.2 Å². The average molecular weight is 495 g/mol. The number of hydrogen-bond donors (Lipinski definition) is 2. The zero-order valence-corrected chi connectivity index (χ0v) is 21.4. The van der Waals surface area contributed by atoms with E-state index >= 15 is 0 Å². The molecule has 5 rings (SSSR count). The van der Waals surface area contributed by atoms with E-state index in [1.807, 2.05) is 16.9 Å². The average Bonchev–Trinajstić information content (AvgIpc) is 3.55. The van der Waals surface area contributed by atoms with Crippen molar-refractivity contribution in [3.8, 4) is 0 Å². The number of aromatic nitrogens is 4. The summed E-state index contributed by atoms with van der Waals surface area (Å²) >= 11 is 0. The molecule has 1 aromatic carbocycles. The second kappa shape index (κ2) is 11.0. The predicted molar refractivity (Wildman–Crippen MR) is 139 cm³/mol. The van der Waals surface area contributed by atoms with Gasteiger partial charge in [0, 0.05) is 62.7 Å². The van der Waals surface area contributed by atoms with Crippen LogP contribution >= 0.6 is 0 Å². The molecule has 1 fully saturated rings. The topological polar surface area (TPSA) is 97.4 Å². The Bertz CT molecular complexity index is 1170. The maximum Gasteiger partial charge on any atom is 0.414 e. The summed E-state index contributed by atoms with van der Waals surface area (Å²) in [6, 6.07) is 6.71. The van der Waals surface area contributed by atoms with Crippen molar-refractivity contribution >= 4 is 22.8 Å². The van der Waals surface area contributed by atoms with Gasteiger partial charge in [0.25, 0.3) is 0 Å². The van der Waals surface area contributed by atoms with Gasteiger partial charge in [-0.3, -0.25) is 9.58 Å². The number of anilines is 1. The van der Waals surface area contributed by atoms with E-state index in [1.54, 1.807) is 11.1 Å². The lowest BCUT2D eigenvalue weighted by Crippen LogP contribution is -2.42. The number of imidazole rings is 1. The van der Waals surface area contributed by atoms with Gasteiger partial charge in [0.2, 0.25) is 0 Å². The van der Waals surface area contributed by atoms with Crippen molar-refractivity contribution in [3.63, 3.8) is 0 Å². The van der Waals surface area contributed by atoms with E-state index in [1.165, 1.54) is 7.11 Å². The number of aliphatic hydroxyl groups excluding tert-OH is 1. The minimum atomic E-state index is -0.318. The van der Waals surface area contributed by atoms with Gasteiger partial charge >= 0.3 is 6.09 Å². The fraction of sp³-hybridized carbons (Fsp3) is 0.593. The van der Waals surface area contributed by atoms with Crippen LogP contribution in [0.5, 0.6) is 0 Å². The van der Waals surface area contributed by atoms with Crippen LogP contribution in [0.3, 0.4) is 0 Å². The van der Waals surface area contributed by atoms with Crippen molar-refractivity contribution in [2.45, 2.75) is 77.0 Å². The highest BCUT2D eigenvalue weighted by Gasteiger charge is 2.31. The largest absolute Gasteiger partial charge is 0.452 e. The van der Waals surface area contributed by atoms with Crippen molar-refractivity contribution in [1.29, 1.82) is 0 Å². The molecular formula is C27H38N6O3. The Balaban J connectivity index is 1.41. The van der Waals surface area contributed by atoms with E-state index in [2.05, 4.69) is 34.0 Å². The number of aliphatic hydroxyl groups is 1. The fourth-order valence-electron chi connectivity index (χ4n) is 5.87. The van der Waals surface area contributed by atoms with Crippen molar-refractivity contribution in [1.82, 2.24) is 24.6 Å². The molecule has 1 amide bonds. The second-order valence-corrected chi connectivity index (χ2v) is 10.2. The molecule has 9 heteroatoms. The Morgan fingerprint density at radius 3 is 2.75 bits per heavy atom. The number of nitrogens with one attached hydrogen (secondary N) is 1. The molecule has 0 radical (unpaired) electrons. The number of ether oxygens (including phenoxy) is 1. The third-order valence-corrected chi connectivity index (χ3v) is 7.96. The van der Waals surface area contributed by atoms with Crippen molar-refractivity contribution in [2.24, 2.45) is 5.92 Å². The summed E-state index contributed by atoms with van der Waals surface area (Å²) in [6.07, 6.45) is 10.5. The van der Waals surface area contributed by atoms with E-state index < -0.39 is 0 Å². The first-order chi connectivity index (χ1) is 17.6.